The van der Waals surface area contributed by atoms with E-state index in [1.165, 1.54) is 0 Å². The van der Waals surface area contributed by atoms with E-state index < -0.39 is 10.1 Å². The molecule has 0 heterocycles. The van der Waals surface area contributed by atoms with E-state index in [9.17, 15) is 8.42 Å². The van der Waals surface area contributed by atoms with E-state index in [2.05, 4.69) is 6.58 Å². The van der Waals surface area contributed by atoms with Gasteiger partial charge in [-0.2, -0.15) is 8.42 Å². The number of allylic oxidation sites excluding steroid dienone is 1. The molecule has 0 N–H and O–H groups in total. The summed E-state index contributed by atoms with van der Waals surface area (Å²) in [6.07, 6.45) is 1.82. The van der Waals surface area contributed by atoms with Gasteiger partial charge in [-0.05, 0) is 31.9 Å². The van der Waals surface area contributed by atoms with Crippen molar-refractivity contribution < 1.29 is 12.6 Å². The molecule has 0 aliphatic carbocycles. The number of hydrogen-bond acceptors (Lipinski definition) is 3. The zero-order valence-electron chi connectivity index (χ0n) is 9.51. The van der Waals surface area contributed by atoms with Crippen molar-refractivity contribution in [2.75, 3.05) is 0 Å². The van der Waals surface area contributed by atoms with E-state index >= 15 is 0 Å². The molecule has 0 aliphatic rings. The van der Waals surface area contributed by atoms with Gasteiger partial charge in [0, 0.05) is 0 Å². The van der Waals surface area contributed by atoms with E-state index in [0.29, 0.717) is 12.0 Å². The van der Waals surface area contributed by atoms with Gasteiger partial charge in [0.25, 0.3) is 10.1 Å². The summed E-state index contributed by atoms with van der Waals surface area (Å²) in [5.74, 6) is 0. The maximum absolute atomic E-state index is 11.9. The van der Waals surface area contributed by atoms with Crippen molar-refractivity contribution in [3.05, 3.63) is 42.5 Å². The summed E-state index contributed by atoms with van der Waals surface area (Å²) in [6, 6.07) is 6.80. The van der Waals surface area contributed by atoms with Crippen LogP contribution in [-0.4, -0.2) is 14.5 Å². The third kappa shape index (κ3) is 3.18. The summed E-state index contributed by atoms with van der Waals surface area (Å²) in [6.45, 7) is 6.98. The van der Waals surface area contributed by atoms with E-state index in [1.807, 2.05) is 0 Å². The molecule has 4 heteroatoms. The second-order valence-electron chi connectivity index (χ2n) is 3.70. The lowest BCUT2D eigenvalue weighted by molar-refractivity contribution is 0.248. The van der Waals surface area contributed by atoms with Crippen LogP contribution in [0.3, 0.4) is 0 Å². The molecule has 0 atom stereocenters. The average Bonchev–Trinajstić information content (AvgIpc) is 2.17. The second kappa shape index (κ2) is 5.27. The van der Waals surface area contributed by atoms with Crippen LogP contribution in [0.1, 0.15) is 19.4 Å². The molecule has 0 radical (unpaired) electrons. The van der Waals surface area contributed by atoms with Gasteiger partial charge in [-0.3, -0.25) is 4.18 Å². The molecule has 0 unspecified atom stereocenters. The average molecular weight is 240 g/mol. The van der Waals surface area contributed by atoms with Gasteiger partial charge in [-0.1, -0.05) is 24.3 Å². The molecule has 0 bridgehead atoms. The Kier molecular flexibility index (Phi) is 4.26. The zero-order chi connectivity index (χ0) is 12.2. The Morgan fingerprint density at radius 3 is 2.56 bits per heavy atom. The fourth-order valence-corrected chi connectivity index (χ4v) is 2.71. The van der Waals surface area contributed by atoms with Crippen molar-refractivity contribution >= 4 is 10.1 Å². The summed E-state index contributed by atoms with van der Waals surface area (Å²) in [7, 11) is -3.66. The smallest absolute Gasteiger partial charge is 0.264 e. The maximum Gasteiger partial charge on any atom is 0.297 e. The molecule has 0 saturated heterocycles. The summed E-state index contributed by atoms with van der Waals surface area (Å²) >= 11 is 0. The molecule has 0 amide bonds. The van der Waals surface area contributed by atoms with Crippen LogP contribution >= 0.6 is 0 Å². The van der Waals surface area contributed by atoms with Gasteiger partial charge in [0.05, 0.1) is 11.0 Å². The van der Waals surface area contributed by atoms with Crippen LogP contribution in [0.25, 0.3) is 0 Å². The van der Waals surface area contributed by atoms with Gasteiger partial charge in [0.2, 0.25) is 0 Å². The summed E-state index contributed by atoms with van der Waals surface area (Å²) in [5.41, 5.74) is 0.707. The monoisotopic (exact) mass is 240 g/mol. The Balaban J connectivity index is 3.16. The van der Waals surface area contributed by atoms with Crippen LogP contribution in [0, 0.1) is 0 Å². The van der Waals surface area contributed by atoms with Crippen molar-refractivity contribution in [1.29, 1.82) is 0 Å². The zero-order valence-corrected chi connectivity index (χ0v) is 10.3. The lowest BCUT2D eigenvalue weighted by Gasteiger charge is -2.11. The second-order valence-corrected chi connectivity index (χ2v) is 5.24. The molecule has 0 saturated carbocycles. The Bertz CT molecular complexity index is 461. The van der Waals surface area contributed by atoms with Gasteiger partial charge in [-0.15, -0.1) is 6.58 Å². The first-order valence-corrected chi connectivity index (χ1v) is 6.50. The Labute approximate surface area is 96.9 Å². The van der Waals surface area contributed by atoms with E-state index in [0.717, 1.165) is 0 Å². The molecule has 88 valence electrons. The van der Waals surface area contributed by atoms with Crippen molar-refractivity contribution in [1.82, 2.24) is 0 Å². The lowest BCUT2D eigenvalue weighted by atomic mass is 10.1. The minimum Gasteiger partial charge on any atom is -0.264 e. The number of benzene rings is 1. The van der Waals surface area contributed by atoms with Crippen LogP contribution in [-0.2, 0) is 20.7 Å². The first-order valence-electron chi connectivity index (χ1n) is 5.09. The van der Waals surface area contributed by atoms with Crippen LogP contribution in [0.5, 0.6) is 0 Å². The van der Waals surface area contributed by atoms with Crippen LogP contribution in [0.15, 0.2) is 41.8 Å². The number of hydrogen-bond donors (Lipinski definition) is 0. The molecular weight excluding hydrogens is 224 g/mol. The summed E-state index contributed by atoms with van der Waals surface area (Å²) < 4.78 is 28.7. The highest BCUT2D eigenvalue weighted by Gasteiger charge is 2.19. The SMILES string of the molecule is C=CCc1ccccc1S(=O)(=O)OC(C)C. The minimum absolute atomic E-state index is 0.226. The molecule has 3 nitrogen and oxygen atoms in total. The topological polar surface area (TPSA) is 43.4 Å². The third-order valence-electron chi connectivity index (χ3n) is 1.93. The van der Waals surface area contributed by atoms with Crippen molar-refractivity contribution in [2.45, 2.75) is 31.3 Å². The predicted octanol–water partition coefficient (Wildman–Crippen LogP) is 2.53. The Morgan fingerprint density at radius 1 is 1.38 bits per heavy atom. The largest absolute Gasteiger partial charge is 0.297 e. The summed E-state index contributed by atoms with van der Waals surface area (Å²) in [5, 5.41) is 0. The highest BCUT2D eigenvalue weighted by molar-refractivity contribution is 7.86. The first kappa shape index (κ1) is 12.9. The molecule has 1 rings (SSSR count). The molecule has 0 aliphatic heterocycles. The van der Waals surface area contributed by atoms with Crippen LogP contribution < -0.4 is 0 Å². The van der Waals surface area contributed by atoms with Crippen LogP contribution in [0.2, 0.25) is 0 Å². The molecule has 1 aromatic rings. The van der Waals surface area contributed by atoms with Gasteiger partial charge in [0.1, 0.15) is 0 Å². The normalized spacial score (nSPS) is 11.7. The van der Waals surface area contributed by atoms with E-state index in [-0.39, 0.29) is 11.0 Å². The Hall–Kier alpha value is -1.13. The standard InChI is InChI=1S/C12H16O3S/c1-4-7-11-8-5-6-9-12(11)16(13,14)15-10(2)3/h4-6,8-10H,1,7H2,2-3H3. The van der Waals surface area contributed by atoms with Crippen LogP contribution in [0.4, 0.5) is 0 Å². The highest BCUT2D eigenvalue weighted by atomic mass is 32.2. The fraction of sp³-hybridized carbons (Fsp3) is 0.333. The lowest BCUT2D eigenvalue weighted by Crippen LogP contribution is -2.14. The molecule has 16 heavy (non-hydrogen) atoms. The van der Waals surface area contributed by atoms with Crippen molar-refractivity contribution in [3.8, 4) is 0 Å². The first-order chi connectivity index (χ1) is 7.47. The maximum atomic E-state index is 11.9. The van der Waals surface area contributed by atoms with E-state index in [4.69, 9.17) is 4.18 Å². The van der Waals surface area contributed by atoms with Crippen molar-refractivity contribution in [2.24, 2.45) is 0 Å². The highest BCUT2D eigenvalue weighted by Crippen LogP contribution is 2.19. The quantitative estimate of drug-likeness (QED) is 0.586. The summed E-state index contributed by atoms with van der Waals surface area (Å²) in [4.78, 5) is 0.226. The van der Waals surface area contributed by atoms with E-state index in [1.54, 1.807) is 44.2 Å². The fourth-order valence-electron chi connectivity index (χ4n) is 1.38. The van der Waals surface area contributed by atoms with Gasteiger partial charge < -0.3 is 0 Å². The minimum atomic E-state index is -3.66. The van der Waals surface area contributed by atoms with Gasteiger partial charge in [0.15, 0.2) is 0 Å². The third-order valence-corrected chi connectivity index (χ3v) is 3.50. The van der Waals surface area contributed by atoms with Gasteiger partial charge in [-0.25, -0.2) is 0 Å². The molecule has 0 aromatic heterocycles. The Morgan fingerprint density at radius 2 is 2.00 bits per heavy atom. The molecule has 0 fully saturated rings. The molecule has 0 spiro atoms. The molecule has 1 aromatic carbocycles. The van der Waals surface area contributed by atoms with Crippen molar-refractivity contribution in [3.63, 3.8) is 0 Å². The molecular formula is C12H16O3S. The van der Waals surface area contributed by atoms with Gasteiger partial charge >= 0.3 is 0 Å². The predicted molar refractivity (Wildman–Crippen MR) is 63.7 cm³/mol. The number of rotatable bonds is 5.